The molecule has 1 aromatic heterocycles. The van der Waals surface area contributed by atoms with Crippen LogP contribution >= 0.6 is 11.6 Å². The van der Waals surface area contributed by atoms with Gasteiger partial charge in [-0.25, -0.2) is 22.5 Å². The van der Waals surface area contributed by atoms with E-state index in [1.807, 2.05) is 0 Å². The molecular formula is C16H16ClN3O5S. The predicted molar refractivity (Wildman–Crippen MR) is 95.5 cm³/mol. The highest BCUT2D eigenvalue weighted by molar-refractivity contribution is 7.89. The Hall–Kier alpha value is -2.49. The average Bonchev–Trinajstić information content (AvgIpc) is 2.60. The van der Waals surface area contributed by atoms with Crippen molar-refractivity contribution in [2.75, 3.05) is 26.0 Å². The van der Waals surface area contributed by atoms with Gasteiger partial charge in [0.2, 0.25) is 10.0 Å². The number of nitrogens with one attached hydrogen (secondary N) is 1. The summed E-state index contributed by atoms with van der Waals surface area (Å²) in [4.78, 5) is 27.5. The number of amides is 1. The minimum absolute atomic E-state index is 0.0992. The van der Waals surface area contributed by atoms with Crippen molar-refractivity contribution < 1.29 is 22.7 Å². The Bertz CT molecular complexity index is 896. The van der Waals surface area contributed by atoms with Gasteiger partial charge < -0.3 is 10.1 Å². The van der Waals surface area contributed by atoms with Gasteiger partial charge in [-0.2, -0.15) is 0 Å². The summed E-state index contributed by atoms with van der Waals surface area (Å²) in [5.41, 5.74) is 0.539. The molecule has 2 rings (SSSR count). The maximum atomic E-state index is 12.0. The molecule has 0 saturated carbocycles. The number of ether oxygens (including phenoxy) is 1. The van der Waals surface area contributed by atoms with Crippen LogP contribution in [0, 0.1) is 0 Å². The van der Waals surface area contributed by atoms with Gasteiger partial charge in [0.05, 0.1) is 10.5 Å². The molecule has 1 N–H and O–H groups in total. The molecule has 10 heteroatoms. The Kier molecular flexibility index (Phi) is 6.30. The average molecular weight is 398 g/mol. The van der Waals surface area contributed by atoms with E-state index in [9.17, 15) is 18.0 Å². The van der Waals surface area contributed by atoms with Crippen LogP contribution in [0.5, 0.6) is 0 Å². The maximum absolute atomic E-state index is 12.0. The van der Waals surface area contributed by atoms with Gasteiger partial charge in [-0.3, -0.25) is 4.79 Å². The minimum atomic E-state index is -3.54. The van der Waals surface area contributed by atoms with Crippen LogP contribution in [0.15, 0.2) is 47.5 Å². The van der Waals surface area contributed by atoms with Crippen LogP contribution in [0.25, 0.3) is 0 Å². The Balaban J connectivity index is 1.91. The molecule has 0 spiro atoms. The number of carbonyl (C=O) groups excluding carboxylic acids is 2. The number of esters is 1. The van der Waals surface area contributed by atoms with Crippen molar-refractivity contribution in [1.82, 2.24) is 9.29 Å². The number of pyridine rings is 1. The number of hydrogen-bond donors (Lipinski definition) is 1. The molecular weight excluding hydrogens is 382 g/mol. The number of aromatic nitrogens is 1. The van der Waals surface area contributed by atoms with E-state index in [4.69, 9.17) is 16.3 Å². The maximum Gasteiger partial charge on any atom is 0.340 e. The molecule has 138 valence electrons. The van der Waals surface area contributed by atoms with E-state index in [1.165, 1.54) is 56.7 Å². The van der Waals surface area contributed by atoms with E-state index in [1.54, 1.807) is 0 Å². The summed E-state index contributed by atoms with van der Waals surface area (Å²) < 4.78 is 29.9. The zero-order chi connectivity index (χ0) is 19.3. The highest BCUT2D eigenvalue weighted by Gasteiger charge is 2.17. The molecule has 0 saturated heterocycles. The van der Waals surface area contributed by atoms with Crippen molar-refractivity contribution in [1.29, 1.82) is 0 Å². The van der Waals surface area contributed by atoms with E-state index < -0.39 is 28.5 Å². The first-order valence-corrected chi connectivity index (χ1v) is 9.13. The van der Waals surface area contributed by atoms with Gasteiger partial charge in [0.15, 0.2) is 6.61 Å². The number of hydrogen-bond acceptors (Lipinski definition) is 6. The molecule has 2 aromatic rings. The van der Waals surface area contributed by atoms with E-state index >= 15 is 0 Å². The first-order valence-electron chi connectivity index (χ1n) is 7.31. The van der Waals surface area contributed by atoms with Crippen molar-refractivity contribution in [3.63, 3.8) is 0 Å². The third kappa shape index (κ3) is 5.01. The Morgan fingerprint density at radius 1 is 1.15 bits per heavy atom. The van der Waals surface area contributed by atoms with E-state index in [-0.39, 0.29) is 15.6 Å². The van der Waals surface area contributed by atoms with Crippen molar-refractivity contribution in [2.45, 2.75) is 4.90 Å². The Labute approximate surface area is 155 Å². The van der Waals surface area contributed by atoms with Crippen LogP contribution in [-0.4, -0.2) is 50.3 Å². The second-order valence-electron chi connectivity index (χ2n) is 5.31. The molecule has 0 atom stereocenters. The second-order valence-corrected chi connectivity index (χ2v) is 7.84. The van der Waals surface area contributed by atoms with Gasteiger partial charge in [0, 0.05) is 26.0 Å². The van der Waals surface area contributed by atoms with Crippen LogP contribution in [0.4, 0.5) is 5.69 Å². The first-order chi connectivity index (χ1) is 12.2. The second kappa shape index (κ2) is 8.26. The normalized spacial score (nSPS) is 11.2. The first kappa shape index (κ1) is 19.8. The number of nitrogens with zero attached hydrogens (tertiary/aromatic N) is 2. The third-order valence-corrected chi connectivity index (χ3v) is 5.27. The summed E-state index contributed by atoms with van der Waals surface area (Å²) in [6.45, 7) is -0.501. The fourth-order valence-corrected chi connectivity index (χ4v) is 2.84. The highest BCUT2D eigenvalue weighted by atomic mass is 35.5. The quantitative estimate of drug-likeness (QED) is 0.588. The van der Waals surface area contributed by atoms with Gasteiger partial charge >= 0.3 is 5.97 Å². The molecule has 0 unspecified atom stereocenters. The van der Waals surface area contributed by atoms with Crippen LogP contribution in [-0.2, 0) is 19.6 Å². The van der Waals surface area contributed by atoms with Crippen molar-refractivity contribution in [3.8, 4) is 0 Å². The van der Waals surface area contributed by atoms with Gasteiger partial charge in [-0.15, -0.1) is 0 Å². The summed E-state index contributed by atoms with van der Waals surface area (Å²) in [5, 5.41) is 2.74. The summed E-state index contributed by atoms with van der Waals surface area (Å²) in [6, 6.07) is 8.49. The van der Waals surface area contributed by atoms with E-state index in [0.717, 1.165) is 4.31 Å². The molecule has 1 amide bonds. The summed E-state index contributed by atoms with van der Waals surface area (Å²) in [7, 11) is -0.689. The molecule has 1 aromatic carbocycles. The molecule has 0 bridgehead atoms. The van der Waals surface area contributed by atoms with Crippen molar-refractivity contribution in [3.05, 3.63) is 53.3 Å². The standard InChI is InChI=1S/C16H16ClN3O5S/c1-20(2)26(23,24)13-6-4-12(5-7-13)19-15(21)10-25-16(22)11-3-8-14(17)18-9-11/h3-9H,10H2,1-2H3,(H,19,21). The monoisotopic (exact) mass is 397 g/mol. The smallest absolute Gasteiger partial charge is 0.340 e. The Morgan fingerprint density at radius 3 is 2.35 bits per heavy atom. The number of anilines is 1. The largest absolute Gasteiger partial charge is 0.452 e. The highest BCUT2D eigenvalue weighted by Crippen LogP contribution is 2.16. The van der Waals surface area contributed by atoms with Crippen LogP contribution in [0.2, 0.25) is 5.15 Å². The number of carbonyl (C=O) groups is 2. The minimum Gasteiger partial charge on any atom is -0.452 e. The molecule has 0 aliphatic heterocycles. The predicted octanol–water partition coefficient (Wildman–Crippen LogP) is 1.78. The number of sulfonamides is 1. The lowest BCUT2D eigenvalue weighted by Crippen LogP contribution is -2.22. The topological polar surface area (TPSA) is 106 Å². The zero-order valence-electron chi connectivity index (χ0n) is 14.0. The molecule has 0 radical (unpaired) electrons. The van der Waals surface area contributed by atoms with Gasteiger partial charge in [0.1, 0.15) is 5.15 Å². The van der Waals surface area contributed by atoms with Crippen LogP contribution in [0.3, 0.4) is 0 Å². The summed E-state index contributed by atoms with van der Waals surface area (Å²) in [6.07, 6.45) is 1.24. The van der Waals surface area contributed by atoms with E-state index in [0.29, 0.717) is 5.69 Å². The molecule has 0 aliphatic carbocycles. The lowest BCUT2D eigenvalue weighted by molar-refractivity contribution is -0.119. The number of rotatable bonds is 6. The Morgan fingerprint density at radius 2 is 1.81 bits per heavy atom. The van der Waals surface area contributed by atoms with E-state index in [2.05, 4.69) is 10.3 Å². The third-order valence-electron chi connectivity index (χ3n) is 3.21. The fourth-order valence-electron chi connectivity index (χ4n) is 1.83. The van der Waals surface area contributed by atoms with Crippen molar-refractivity contribution >= 4 is 39.2 Å². The lowest BCUT2D eigenvalue weighted by atomic mass is 10.3. The van der Waals surface area contributed by atoms with Crippen LogP contribution in [0.1, 0.15) is 10.4 Å². The molecule has 0 fully saturated rings. The molecule has 0 aliphatic rings. The number of halogens is 1. The molecule has 1 heterocycles. The van der Waals surface area contributed by atoms with Gasteiger partial charge in [-0.1, -0.05) is 11.6 Å². The van der Waals surface area contributed by atoms with Crippen LogP contribution < -0.4 is 5.32 Å². The number of benzene rings is 1. The van der Waals surface area contributed by atoms with Crippen molar-refractivity contribution in [2.24, 2.45) is 0 Å². The zero-order valence-corrected chi connectivity index (χ0v) is 15.5. The molecule has 26 heavy (non-hydrogen) atoms. The van der Waals surface area contributed by atoms with Gasteiger partial charge in [-0.05, 0) is 36.4 Å². The summed E-state index contributed by atoms with van der Waals surface area (Å²) in [5.74, 6) is -1.28. The van der Waals surface area contributed by atoms with Gasteiger partial charge in [0.25, 0.3) is 5.91 Å². The molecule has 8 nitrogen and oxygen atoms in total. The summed E-state index contributed by atoms with van der Waals surface area (Å²) >= 11 is 5.62. The SMILES string of the molecule is CN(C)S(=O)(=O)c1ccc(NC(=O)COC(=O)c2ccc(Cl)nc2)cc1. The lowest BCUT2D eigenvalue weighted by Gasteiger charge is -2.12. The fraction of sp³-hybridized carbons (Fsp3) is 0.188.